The Balaban J connectivity index is 2.15. The molecule has 120 valence electrons. The standard InChI is InChI=1S/C17H17NO5/c1-23-17(22)14(10-11-6-8-12(19)9-7-11)18-16(21)13-4-2-3-5-15(13)20/h2-9,14,19-20H,10H2,1H3,(H,18,21)/t14-/m0/s1. The van der Waals surface area contributed by atoms with Crippen LogP contribution in [0.4, 0.5) is 0 Å². The maximum absolute atomic E-state index is 12.2. The van der Waals surface area contributed by atoms with Crippen molar-refractivity contribution in [2.75, 3.05) is 7.11 Å². The van der Waals surface area contributed by atoms with Crippen molar-refractivity contribution in [1.82, 2.24) is 5.32 Å². The summed E-state index contributed by atoms with van der Waals surface area (Å²) in [6, 6.07) is 11.4. The number of phenols is 2. The van der Waals surface area contributed by atoms with E-state index >= 15 is 0 Å². The van der Waals surface area contributed by atoms with Crippen molar-refractivity contribution in [3.05, 3.63) is 59.7 Å². The molecule has 0 radical (unpaired) electrons. The lowest BCUT2D eigenvalue weighted by Gasteiger charge is -2.17. The number of carbonyl (C=O) groups excluding carboxylic acids is 2. The first-order valence-corrected chi connectivity index (χ1v) is 6.96. The summed E-state index contributed by atoms with van der Waals surface area (Å²) in [7, 11) is 1.23. The summed E-state index contributed by atoms with van der Waals surface area (Å²) in [5, 5.41) is 21.5. The minimum absolute atomic E-state index is 0.0760. The molecule has 1 atom stereocenters. The largest absolute Gasteiger partial charge is 0.508 e. The Morgan fingerprint density at radius 3 is 2.35 bits per heavy atom. The fourth-order valence-electron chi connectivity index (χ4n) is 2.10. The average molecular weight is 315 g/mol. The van der Waals surface area contributed by atoms with Gasteiger partial charge in [-0.25, -0.2) is 4.79 Å². The fraction of sp³-hybridized carbons (Fsp3) is 0.176. The lowest BCUT2D eigenvalue weighted by atomic mass is 10.0. The Labute approximate surface area is 133 Å². The van der Waals surface area contributed by atoms with Gasteiger partial charge < -0.3 is 20.3 Å². The third-order valence-corrected chi connectivity index (χ3v) is 3.32. The van der Waals surface area contributed by atoms with Crippen LogP contribution in [-0.4, -0.2) is 35.2 Å². The molecule has 0 aliphatic rings. The monoisotopic (exact) mass is 315 g/mol. The van der Waals surface area contributed by atoms with E-state index in [1.54, 1.807) is 24.3 Å². The molecule has 3 N–H and O–H groups in total. The van der Waals surface area contributed by atoms with E-state index in [-0.39, 0.29) is 23.5 Å². The summed E-state index contributed by atoms with van der Waals surface area (Å²) in [6.07, 6.45) is 0.201. The summed E-state index contributed by atoms with van der Waals surface area (Å²) in [5.41, 5.74) is 0.822. The molecule has 6 heteroatoms. The van der Waals surface area contributed by atoms with Gasteiger partial charge in [-0.3, -0.25) is 4.79 Å². The van der Waals surface area contributed by atoms with Crippen LogP contribution < -0.4 is 5.32 Å². The first kappa shape index (κ1) is 16.4. The van der Waals surface area contributed by atoms with Crippen molar-refractivity contribution in [2.45, 2.75) is 12.5 Å². The van der Waals surface area contributed by atoms with Crippen molar-refractivity contribution in [3.63, 3.8) is 0 Å². The lowest BCUT2D eigenvalue weighted by Crippen LogP contribution is -2.43. The molecule has 23 heavy (non-hydrogen) atoms. The number of benzene rings is 2. The van der Waals surface area contributed by atoms with Crippen molar-refractivity contribution in [2.24, 2.45) is 0 Å². The minimum Gasteiger partial charge on any atom is -0.508 e. The summed E-state index contributed by atoms with van der Waals surface area (Å²) < 4.78 is 4.71. The summed E-state index contributed by atoms with van der Waals surface area (Å²) in [4.78, 5) is 24.1. The van der Waals surface area contributed by atoms with E-state index in [1.165, 1.54) is 31.4 Å². The van der Waals surface area contributed by atoms with Gasteiger partial charge in [-0.05, 0) is 29.8 Å². The molecule has 2 rings (SSSR count). The van der Waals surface area contributed by atoms with Crippen LogP contribution in [0.3, 0.4) is 0 Å². The van der Waals surface area contributed by atoms with Crippen molar-refractivity contribution < 1.29 is 24.5 Å². The molecule has 0 fully saturated rings. The highest BCUT2D eigenvalue weighted by Crippen LogP contribution is 2.16. The molecular formula is C17H17NO5. The van der Waals surface area contributed by atoms with Crippen molar-refractivity contribution in [1.29, 1.82) is 0 Å². The van der Waals surface area contributed by atoms with E-state index in [2.05, 4.69) is 5.32 Å². The van der Waals surface area contributed by atoms with Gasteiger partial charge in [0.25, 0.3) is 5.91 Å². The quantitative estimate of drug-likeness (QED) is 0.729. The van der Waals surface area contributed by atoms with Gasteiger partial charge in [-0.15, -0.1) is 0 Å². The molecule has 0 unspecified atom stereocenters. The third kappa shape index (κ3) is 4.23. The third-order valence-electron chi connectivity index (χ3n) is 3.32. The number of para-hydroxylation sites is 1. The number of ether oxygens (including phenoxy) is 1. The average Bonchev–Trinajstić information content (AvgIpc) is 2.55. The van der Waals surface area contributed by atoms with E-state index in [0.717, 1.165) is 5.56 Å². The number of phenolic OH excluding ortho intramolecular Hbond substituents is 2. The van der Waals surface area contributed by atoms with E-state index < -0.39 is 17.9 Å². The van der Waals surface area contributed by atoms with Gasteiger partial charge >= 0.3 is 5.97 Å². The van der Waals surface area contributed by atoms with Gasteiger partial charge in [0.1, 0.15) is 17.5 Å². The van der Waals surface area contributed by atoms with E-state index in [0.29, 0.717) is 0 Å². The number of methoxy groups -OCH3 is 1. The normalized spacial score (nSPS) is 11.5. The predicted octanol–water partition coefficient (Wildman–Crippen LogP) is 1.61. The van der Waals surface area contributed by atoms with Crippen LogP contribution in [0.2, 0.25) is 0 Å². The highest BCUT2D eigenvalue weighted by Gasteiger charge is 2.23. The molecule has 0 saturated carbocycles. The number of nitrogens with one attached hydrogen (secondary N) is 1. The Morgan fingerprint density at radius 1 is 1.09 bits per heavy atom. The molecule has 0 saturated heterocycles. The van der Waals surface area contributed by atoms with Gasteiger partial charge in [0.2, 0.25) is 0 Å². The topological polar surface area (TPSA) is 95.9 Å². The van der Waals surface area contributed by atoms with E-state index in [9.17, 15) is 19.8 Å². The van der Waals surface area contributed by atoms with Crippen LogP contribution in [0.15, 0.2) is 48.5 Å². The first-order valence-electron chi connectivity index (χ1n) is 6.96. The second kappa shape index (κ2) is 7.31. The highest BCUT2D eigenvalue weighted by molar-refractivity contribution is 5.99. The van der Waals surface area contributed by atoms with Gasteiger partial charge in [-0.2, -0.15) is 0 Å². The first-order chi connectivity index (χ1) is 11.0. The second-order valence-electron chi connectivity index (χ2n) is 4.94. The summed E-state index contributed by atoms with van der Waals surface area (Å²) >= 11 is 0. The molecule has 0 heterocycles. The maximum Gasteiger partial charge on any atom is 0.328 e. The SMILES string of the molecule is COC(=O)[C@H](Cc1ccc(O)cc1)NC(=O)c1ccccc1O. The van der Waals surface area contributed by atoms with E-state index in [4.69, 9.17) is 4.74 Å². The summed E-state index contributed by atoms with van der Waals surface area (Å²) in [6.45, 7) is 0. The zero-order valence-electron chi connectivity index (χ0n) is 12.5. The van der Waals surface area contributed by atoms with Crippen LogP contribution in [0.5, 0.6) is 11.5 Å². The zero-order valence-corrected chi connectivity index (χ0v) is 12.5. The zero-order chi connectivity index (χ0) is 16.8. The lowest BCUT2D eigenvalue weighted by molar-refractivity contribution is -0.142. The Kier molecular flexibility index (Phi) is 5.19. The number of hydrogen-bond donors (Lipinski definition) is 3. The molecule has 0 spiro atoms. The number of amides is 1. The number of rotatable bonds is 5. The van der Waals surface area contributed by atoms with Gasteiger partial charge in [-0.1, -0.05) is 24.3 Å². The predicted molar refractivity (Wildman–Crippen MR) is 83.2 cm³/mol. The fourth-order valence-corrected chi connectivity index (χ4v) is 2.10. The summed E-state index contributed by atoms with van der Waals surface area (Å²) in [5.74, 6) is -1.22. The van der Waals surface area contributed by atoms with Crippen molar-refractivity contribution >= 4 is 11.9 Å². The molecule has 0 aliphatic heterocycles. The Bertz CT molecular complexity index is 696. The Hall–Kier alpha value is -3.02. The highest BCUT2D eigenvalue weighted by atomic mass is 16.5. The number of hydrogen-bond acceptors (Lipinski definition) is 5. The molecule has 2 aromatic rings. The van der Waals surface area contributed by atoms with Crippen LogP contribution in [0, 0.1) is 0 Å². The van der Waals surface area contributed by atoms with Crippen LogP contribution in [0.1, 0.15) is 15.9 Å². The molecule has 2 aromatic carbocycles. The number of aromatic hydroxyl groups is 2. The van der Waals surface area contributed by atoms with E-state index in [1.807, 2.05) is 0 Å². The molecule has 0 aromatic heterocycles. The van der Waals surface area contributed by atoms with Crippen molar-refractivity contribution in [3.8, 4) is 11.5 Å². The molecule has 1 amide bonds. The Morgan fingerprint density at radius 2 is 1.74 bits per heavy atom. The molecule has 6 nitrogen and oxygen atoms in total. The molecule has 0 aliphatic carbocycles. The number of esters is 1. The maximum atomic E-state index is 12.2. The van der Waals surface area contributed by atoms with Gasteiger partial charge in [0.15, 0.2) is 0 Å². The minimum atomic E-state index is -0.906. The molecule has 0 bridgehead atoms. The van der Waals surface area contributed by atoms with Gasteiger partial charge in [0, 0.05) is 6.42 Å². The van der Waals surface area contributed by atoms with Crippen LogP contribution in [-0.2, 0) is 16.0 Å². The van der Waals surface area contributed by atoms with Gasteiger partial charge in [0.05, 0.1) is 12.7 Å². The second-order valence-corrected chi connectivity index (χ2v) is 4.94. The van der Waals surface area contributed by atoms with Crippen LogP contribution >= 0.6 is 0 Å². The smallest absolute Gasteiger partial charge is 0.328 e. The number of carbonyl (C=O) groups is 2. The molecular weight excluding hydrogens is 298 g/mol. The van der Waals surface area contributed by atoms with Crippen LogP contribution in [0.25, 0.3) is 0 Å².